The highest BCUT2D eigenvalue weighted by Crippen LogP contribution is 2.43. The molecule has 2 heterocycles. The first-order valence-corrected chi connectivity index (χ1v) is 12.5. The van der Waals surface area contributed by atoms with Crippen molar-refractivity contribution in [2.45, 2.75) is 32.4 Å². The quantitative estimate of drug-likeness (QED) is 0.311. The number of halogens is 1. The fourth-order valence-corrected chi connectivity index (χ4v) is 4.77. The predicted molar refractivity (Wildman–Crippen MR) is 136 cm³/mol. The maximum absolute atomic E-state index is 14.7. The van der Waals surface area contributed by atoms with E-state index in [2.05, 4.69) is 4.90 Å². The highest BCUT2D eigenvalue weighted by molar-refractivity contribution is 6.46. The number of methoxy groups -OCH3 is 1. The van der Waals surface area contributed by atoms with Crippen LogP contribution in [0.5, 0.6) is 11.5 Å². The zero-order valence-corrected chi connectivity index (χ0v) is 21.4. The zero-order valence-electron chi connectivity index (χ0n) is 21.4. The summed E-state index contributed by atoms with van der Waals surface area (Å²) in [5.74, 6) is -2.13. The number of amides is 1. The van der Waals surface area contributed by atoms with Gasteiger partial charge < -0.3 is 24.2 Å². The Balaban J connectivity index is 1.71. The van der Waals surface area contributed by atoms with Gasteiger partial charge in [0.25, 0.3) is 11.7 Å². The van der Waals surface area contributed by atoms with Crippen LogP contribution in [0.4, 0.5) is 4.39 Å². The Hall–Kier alpha value is -3.43. The van der Waals surface area contributed by atoms with Gasteiger partial charge >= 0.3 is 0 Å². The second kappa shape index (κ2) is 11.7. The lowest BCUT2D eigenvalue weighted by Crippen LogP contribution is -2.39. The van der Waals surface area contributed by atoms with Gasteiger partial charge in [-0.1, -0.05) is 18.2 Å². The number of aliphatic hydroxyl groups excluding tert-OH is 1. The Morgan fingerprint density at radius 2 is 1.84 bits per heavy atom. The van der Waals surface area contributed by atoms with E-state index in [0.717, 1.165) is 25.7 Å². The topological polar surface area (TPSA) is 88.5 Å². The summed E-state index contributed by atoms with van der Waals surface area (Å²) in [7, 11) is 1.51. The largest absolute Gasteiger partial charge is 0.507 e. The maximum Gasteiger partial charge on any atom is 0.295 e. The molecule has 2 aromatic carbocycles. The van der Waals surface area contributed by atoms with Crippen molar-refractivity contribution < 1.29 is 33.3 Å². The van der Waals surface area contributed by atoms with Crippen LogP contribution in [0.25, 0.3) is 5.76 Å². The van der Waals surface area contributed by atoms with E-state index in [9.17, 15) is 19.1 Å². The SMILES string of the molecule is COc1ccccc1C1/C(=C(\O)c2ccc(OC(C)C)c(F)c2)C(=O)C(=O)N1CCCN1CCOCC1. The number of carbonyl (C=O) groups is 2. The molecule has 0 spiro atoms. The van der Waals surface area contributed by atoms with E-state index in [-0.39, 0.29) is 23.0 Å². The number of morpholine rings is 1. The summed E-state index contributed by atoms with van der Waals surface area (Å²) >= 11 is 0. The number of rotatable bonds is 9. The molecule has 37 heavy (non-hydrogen) atoms. The molecule has 1 atom stereocenters. The summed E-state index contributed by atoms with van der Waals surface area (Å²) in [6, 6.07) is 10.2. The van der Waals surface area contributed by atoms with Crippen LogP contribution < -0.4 is 9.47 Å². The minimum Gasteiger partial charge on any atom is -0.507 e. The molecule has 1 N–H and O–H groups in total. The number of Topliss-reactive ketones (excluding diaryl/α,β-unsaturated/α-hetero) is 1. The van der Waals surface area contributed by atoms with Gasteiger partial charge in [0.05, 0.1) is 38.0 Å². The molecule has 2 aliphatic rings. The number of ketones is 1. The van der Waals surface area contributed by atoms with Crippen molar-refractivity contribution in [3.63, 3.8) is 0 Å². The summed E-state index contributed by atoms with van der Waals surface area (Å²) in [5.41, 5.74) is 0.551. The molecule has 4 rings (SSSR count). The maximum atomic E-state index is 14.7. The number of hydrogen-bond donors (Lipinski definition) is 1. The summed E-state index contributed by atoms with van der Waals surface area (Å²) in [4.78, 5) is 30.2. The average molecular weight is 513 g/mol. The summed E-state index contributed by atoms with van der Waals surface area (Å²) in [6.07, 6.45) is 0.400. The van der Waals surface area contributed by atoms with Gasteiger partial charge in [0, 0.05) is 37.3 Å². The third-order valence-corrected chi connectivity index (χ3v) is 6.52. The first kappa shape index (κ1) is 26.6. The van der Waals surface area contributed by atoms with Gasteiger partial charge in [-0.05, 0) is 44.5 Å². The van der Waals surface area contributed by atoms with E-state index >= 15 is 0 Å². The number of para-hydroxylation sites is 1. The second-order valence-corrected chi connectivity index (χ2v) is 9.35. The monoisotopic (exact) mass is 512 g/mol. The molecule has 2 saturated heterocycles. The molecule has 0 saturated carbocycles. The van der Waals surface area contributed by atoms with Crippen LogP contribution in [0.2, 0.25) is 0 Å². The molecule has 8 nitrogen and oxygen atoms in total. The molecule has 2 aliphatic heterocycles. The second-order valence-electron chi connectivity index (χ2n) is 9.35. The summed E-state index contributed by atoms with van der Waals surface area (Å²) in [6.45, 7) is 7.58. The van der Waals surface area contributed by atoms with E-state index in [1.54, 1.807) is 38.1 Å². The van der Waals surface area contributed by atoms with Crippen LogP contribution in [-0.4, -0.2) is 79.2 Å². The standard InChI is InChI=1S/C28H33FN2O6/c1-18(2)37-23-10-9-19(17-21(23)29)26(32)24-25(20-7-4-5-8-22(20)35-3)31(28(34)27(24)33)12-6-11-30-13-15-36-16-14-30/h4-5,7-10,17-18,25,32H,6,11-16H2,1-3H3/b26-24+. The molecule has 0 aromatic heterocycles. The number of nitrogens with zero attached hydrogens (tertiary/aromatic N) is 2. The number of benzene rings is 2. The average Bonchev–Trinajstić information content (AvgIpc) is 3.14. The van der Waals surface area contributed by atoms with E-state index in [1.807, 2.05) is 0 Å². The number of hydrogen-bond acceptors (Lipinski definition) is 7. The van der Waals surface area contributed by atoms with Crippen molar-refractivity contribution in [3.8, 4) is 11.5 Å². The minimum absolute atomic E-state index is 0.0383. The molecule has 0 aliphatic carbocycles. The Kier molecular flexibility index (Phi) is 8.45. The van der Waals surface area contributed by atoms with Crippen molar-refractivity contribution in [2.75, 3.05) is 46.5 Å². The smallest absolute Gasteiger partial charge is 0.295 e. The fourth-order valence-electron chi connectivity index (χ4n) is 4.77. The van der Waals surface area contributed by atoms with Crippen LogP contribution >= 0.6 is 0 Å². The Morgan fingerprint density at radius 1 is 1.11 bits per heavy atom. The number of aliphatic hydroxyl groups is 1. The van der Waals surface area contributed by atoms with Gasteiger partial charge in [-0.3, -0.25) is 14.5 Å². The zero-order chi connectivity index (χ0) is 26.5. The van der Waals surface area contributed by atoms with Crippen molar-refractivity contribution in [3.05, 3.63) is 65.0 Å². The normalized spacial score (nSPS) is 20.0. The summed E-state index contributed by atoms with van der Waals surface area (Å²) in [5, 5.41) is 11.3. The van der Waals surface area contributed by atoms with E-state index in [1.165, 1.54) is 24.1 Å². The van der Waals surface area contributed by atoms with Crippen molar-refractivity contribution in [1.29, 1.82) is 0 Å². The molecule has 2 aromatic rings. The Morgan fingerprint density at radius 3 is 2.51 bits per heavy atom. The van der Waals surface area contributed by atoms with Crippen molar-refractivity contribution in [1.82, 2.24) is 9.80 Å². The van der Waals surface area contributed by atoms with Crippen molar-refractivity contribution >= 4 is 17.4 Å². The van der Waals surface area contributed by atoms with E-state index in [4.69, 9.17) is 14.2 Å². The van der Waals surface area contributed by atoms with Crippen LogP contribution in [0.15, 0.2) is 48.0 Å². The van der Waals surface area contributed by atoms with Gasteiger partial charge in [0.2, 0.25) is 0 Å². The van der Waals surface area contributed by atoms with Gasteiger partial charge in [-0.25, -0.2) is 4.39 Å². The molecule has 1 unspecified atom stereocenters. The third-order valence-electron chi connectivity index (χ3n) is 6.52. The number of ether oxygens (including phenoxy) is 3. The van der Waals surface area contributed by atoms with Crippen LogP contribution in [0.1, 0.15) is 37.4 Å². The molecule has 2 fully saturated rings. The van der Waals surface area contributed by atoms with Gasteiger partial charge in [0.15, 0.2) is 11.6 Å². The molecule has 9 heteroatoms. The third kappa shape index (κ3) is 5.78. The summed E-state index contributed by atoms with van der Waals surface area (Å²) < 4.78 is 31.1. The lowest BCUT2D eigenvalue weighted by molar-refractivity contribution is -0.140. The highest BCUT2D eigenvalue weighted by atomic mass is 19.1. The fraction of sp³-hybridized carbons (Fsp3) is 0.429. The molecule has 1 amide bonds. The first-order valence-electron chi connectivity index (χ1n) is 12.5. The highest BCUT2D eigenvalue weighted by Gasteiger charge is 2.46. The van der Waals surface area contributed by atoms with Gasteiger partial charge in [0.1, 0.15) is 11.5 Å². The first-order chi connectivity index (χ1) is 17.8. The predicted octanol–water partition coefficient (Wildman–Crippen LogP) is 3.77. The molecule has 0 radical (unpaired) electrons. The minimum atomic E-state index is -0.879. The van der Waals surface area contributed by atoms with E-state index < -0.39 is 29.3 Å². The number of likely N-dealkylation sites (tertiary alicyclic amines) is 1. The lowest BCUT2D eigenvalue weighted by Gasteiger charge is -2.29. The molecular weight excluding hydrogens is 479 g/mol. The Labute approximate surface area is 216 Å². The van der Waals surface area contributed by atoms with Gasteiger partial charge in [-0.15, -0.1) is 0 Å². The molecule has 0 bridgehead atoms. The van der Waals surface area contributed by atoms with Crippen molar-refractivity contribution in [2.24, 2.45) is 0 Å². The van der Waals surface area contributed by atoms with Crippen LogP contribution in [0, 0.1) is 5.82 Å². The Bertz CT molecular complexity index is 1180. The van der Waals surface area contributed by atoms with Crippen LogP contribution in [0.3, 0.4) is 0 Å². The molecule has 198 valence electrons. The van der Waals surface area contributed by atoms with E-state index in [0.29, 0.717) is 37.5 Å². The van der Waals surface area contributed by atoms with Gasteiger partial charge in [-0.2, -0.15) is 0 Å². The number of carbonyl (C=O) groups excluding carboxylic acids is 2. The lowest BCUT2D eigenvalue weighted by atomic mass is 9.94. The van der Waals surface area contributed by atoms with Crippen LogP contribution in [-0.2, 0) is 14.3 Å². The molecular formula is C28H33FN2O6.